The minimum absolute atomic E-state index is 0.172. The van der Waals surface area contributed by atoms with Crippen LogP contribution in [0.25, 0.3) is 0 Å². The summed E-state index contributed by atoms with van der Waals surface area (Å²) in [6.07, 6.45) is 3.05. The van der Waals surface area contributed by atoms with Crippen LogP contribution in [0.1, 0.15) is 39.5 Å². The van der Waals surface area contributed by atoms with Crippen LogP contribution in [0.3, 0.4) is 0 Å². The van der Waals surface area contributed by atoms with Gasteiger partial charge in [0.25, 0.3) is 0 Å². The standard InChI is InChI=1S/C12H22N2O3S/c1-3-6-12(2,10(15)16)14-11(17)13-9-4-7-18-8-5-9/h9H,3-8H2,1-2H3,(H,15,16)(H2,13,14,17). The van der Waals surface area contributed by atoms with Crippen LogP contribution in [-0.4, -0.2) is 40.2 Å². The first-order valence-electron chi connectivity index (χ1n) is 6.38. The first-order chi connectivity index (χ1) is 8.48. The van der Waals surface area contributed by atoms with Gasteiger partial charge in [-0.15, -0.1) is 0 Å². The Hall–Kier alpha value is -0.910. The molecule has 0 aromatic carbocycles. The van der Waals surface area contributed by atoms with Crippen LogP contribution in [0.15, 0.2) is 0 Å². The normalized spacial score (nSPS) is 19.9. The Morgan fingerprint density at radius 1 is 1.39 bits per heavy atom. The van der Waals surface area contributed by atoms with Crippen LogP contribution in [0.5, 0.6) is 0 Å². The van der Waals surface area contributed by atoms with Crippen LogP contribution < -0.4 is 10.6 Å². The monoisotopic (exact) mass is 274 g/mol. The molecule has 1 aliphatic heterocycles. The number of thioether (sulfide) groups is 1. The number of aliphatic carboxylic acids is 1. The molecule has 6 heteroatoms. The minimum Gasteiger partial charge on any atom is -0.480 e. The lowest BCUT2D eigenvalue weighted by Crippen LogP contribution is -2.56. The number of amides is 2. The number of urea groups is 1. The quantitative estimate of drug-likeness (QED) is 0.714. The molecule has 0 bridgehead atoms. The Morgan fingerprint density at radius 3 is 2.50 bits per heavy atom. The molecule has 2 amide bonds. The maximum Gasteiger partial charge on any atom is 0.329 e. The molecule has 1 atom stereocenters. The lowest BCUT2D eigenvalue weighted by molar-refractivity contribution is -0.144. The molecular weight excluding hydrogens is 252 g/mol. The molecule has 0 aliphatic carbocycles. The molecule has 18 heavy (non-hydrogen) atoms. The predicted molar refractivity (Wildman–Crippen MR) is 73.0 cm³/mol. The van der Waals surface area contributed by atoms with Crippen molar-refractivity contribution in [2.45, 2.75) is 51.1 Å². The number of hydrogen-bond acceptors (Lipinski definition) is 3. The average Bonchev–Trinajstić information content (AvgIpc) is 2.30. The van der Waals surface area contributed by atoms with Crippen molar-refractivity contribution < 1.29 is 14.7 Å². The van der Waals surface area contributed by atoms with Crippen molar-refractivity contribution in [1.82, 2.24) is 10.6 Å². The molecule has 1 rings (SSSR count). The molecule has 0 aromatic rings. The van der Waals surface area contributed by atoms with Crippen molar-refractivity contribution in [3.05, 3.63) is 0 Å². The lowest BCUT2D eigenvalue weighted by atomic mass is 9.96. The lowest BCUT2D eigenvalue weighted by Gasteiger charge is -2.28. The largest absolute Gasteiger partial charge is 0.480 e. The predicted octanol–water partition coefficient (Wildman–Crippen LogP) is 1.82. The Bertz CT molecular complexity index is 306. The summed E-state index contributed by atoms with van der Waals surface area (Å²) in [5, 5.41) is 14.6. The highest BCUT2D eigenvalue weighted by atomic mass is 32.2. The van der Waals surface area contributed by atoms with E-state index in [-0.39, 0.29) is 12.1 Å². The second-order valence-corrected chi connectivity index (χ2v) is 6.10. The fraction of sp³-hybridized carbons (Fsp3) is 0.833. The summed E-state index contributed by atoms with van der Waals surface area (Å²) in [4.78, 5) is 23.0. The van der Waals surface area contributed by atoms with Gasteiger partial charge in [-0.25, -0.2) is 9.59 Å². The maximum absolute atomic E-state index is 11.8. The van der Waals surface area contributed by atoms with Crippen molar-refractivity contribution in [1.29, 1.82) is 0 Å². The molecule has 1 saturated heterocycles. The summed E-state index contributed by atoms with van der Waals surface area (Å²) in [5.74, 6) is 1.12. The third kappa shape index (κ3) is 4.40. The third-order valence-corrected chi connectivity index (χ3v) is 4.22. The SMILES string of the molecule is CCCC(C)(NC(=O)NC1CCSCC1)C(=O)O. The van der Waals surface area contributed by atoms with Crippen molar-refractivity contribution in [3.8, 4) is 0 Å². The molecule has 5 nitrogen and oxygen atoms in total. The molecule has 0 spiro atoms. The zero-order valence-electron chi connectivity index (χ0n) is 11.0. The summed E-state index contributed by atoms with van der Waals surface area (Å²) in [6, 6.07) is -0.198. The Kier molecular flexibility index (Phi) is 5.78. The molecule has 0 radical (unpaired) electrons. The van der Waals surface area contributed by atoms with Gasteiger partial charge in [0.05, 0.1) is 0 Å². The van der Waals surface area contributed by atoms with Crippen LogP contribution >= 0.6 is 11.8 Å². The molecule has 104 valence electrons. The number of carboxylic acids is 1. The van der Waals surface area contributed by atoms with Gasteiger partial charge >= 0.3 is 12.0 Å². The van der Waals surface area contributed by atoms with Gasteiger partial charge in [-0.3, -0.25) is 0 Å². The highest BCUT2D eigenvalue weighted by Crippen LogP contribution is 2.17. The zero-order valence-corrected chi connectivity index (χ0v) is 11.8. The number of hydrogen-bond donors (Lipinski definition) is 3. The summed E-state index contributed by atoms with van der Waals surface area (Å²) in [6.45, 7) is 3.45. The number of carbonyl (C=O) groups is 2. The number of carbonyl (C=O) groups excluding carboxylic acids is 1. The number of nitrogens with one attached hydrogen (secondary N) is 2. The van der Waals surface area contributed by atoms with Crippen LogP contribution in [0.4, 0.5) is 4.79 Å². The third-order valence-electron chi connectivity index (χ3n) is 3.17. The fourth-order valence-corrected chi connectivity index (χ4v) is 3.14. The van der Waals surface area contributed by atoms with E-state index in [9.17, 15) is 14.7 Å². The topological polar surface area (TPSA) is 78.4 Å². The first-order valence-corrected chi connectivity index (χ1v) is 7.53. The van der Waals surface area contributed by atoms with Gasteiger partial charge in [-0.1, -0.05) is 13.3 Å². The van der Waals surface area contributed by atoms with Gasteiger partial charge < -0.3 is 15.7 Å². The second-order valence-electron chi connectivity index (χ2n) is 4.87. The van der Waals surface area contributed by atoms with E-state index in [2.05, 4.69) is 10.6 Å². The van der Waals surface area contributed by atoms with Crippen molar-refractivity contribution in [3.63, 3.8) is 0 Å². The molecule has 1 fully saturated rings. The Labute approximate surface area is 112 Å². The molecule has 1 unspecified atom stereocenters. The van der Waals surface area contributed by atoms with Gasteiger partial charge in [0.2, 0.25) is 0 Å². The van der Waals surface area contributed by atoms with E-state index < -0.39 is 11.5 Å². The summed E-state index contributed by atoms with van der Waals surface area (Å²) in [7, 11) is 0. The van der Waals surface area contributed by atoms with E-state index in [4.69, 9.17) is 0 Å². The van der Waals surface area contributed by atoms with Gasteiger partial charge in [0, 0.05) is 6.04 Å². The van der Waals surface area contributed by atoms with Crippen LogP contribution in [0.2, 0.25) is 0 Å². The van der Waals surface area contributed by atoms with E-state index in [1.165, 1.54) is 0 Å². The maximum atomic E-state index is 11.8. The molecular formula is C12H22N2O3S. The van der Waals surface area contributed by atoms with E-state index in [0.29, 0.717) is 12.8 Å². The van der Waals surface area contributed by atoms with Crippen LogP contribution in [-0.2, 0) is 4.79 Å². The highest BCUT2D eigenvalue weighted by Gasteiger charge is 2.34. The molecule has 1 aliphatic rings. The van der Waals surface area contributed by atoms with E-state index in [1.54, 1.807) is 6.92 Å². The number of rotatable bonds is 5. The van der Waals surface area contributed by atoms with Gasteiger partial charge in [-0.2, -0.15) is 11.8 Å². The van der Waals surface area contributed by atoms with Gasteiger partial charge in [-0.05, 0) is 37.7 Å². The highest BCUT2D eigenvalue weighted by molar-refractivity contribution is 7.99. The summed E-state index contributed by atoms with van der Waals surface area (Å²) < 4.78 is 0. The second kappa shape index (κ2) is 6.87. The van der Waals surface area contributed by atoms with Crippen molar-refractivity contribution in [2.75, 3.05) is 11.5 Å². The summed E-state index contributed by atoms with van der Waals surface area (Å²) in [5.41, 5.74) is -1.18. The van der Waals surface area contributed by atoms with Crippen LogP contribution in [0, 0.1) is 0 Å². The average molecular weight is 274 g/mol. The van der Waals surface area contributed by atoms with E-state index >= 15 is 0 Å². The number of carboxylic acid groups (broad SMARTS) is 1. The fourth-order valence-electron chi connectivity index (χ4n) is 2.04. The molecule has 3 N–H and O–H groups in total. The minimum atomic E-state index is -1.18. The Balaban J connectivity index is 2.48. The van der Waals surface area contributed by atoms with Gasteiger partial charge in [0.15, 0.2) is 0 Å². The molecule has 1 heterocycles. The smallest absolute Gasteiger partial charge is 0.329 e. The molecule has 0 aromatic heterocycles. The zero-order chi connectivity index (χ0) is 13.6. The van der Waals surface area contributed by atoms with E-state index in [0.717, 1.165) is 24.3 Å². The van der Waals surface area contributed by atoms with E-state index in [1.807, 2.05) is 18.7 Å². The Morgan fingerprint density at radius 2 is 2.00 bits per heavy atom. The first kappa shape index (κ1) is 15.1. The van der Waals surface area contributed by atoms with Crippen molar-refractivity contribution >= 4 is 23.8 Å². The molecule has 0 saturated carbocycles. The van der Waals surface area contributed by atoms with Gasteiger partial charge in [0.1, 0.15) is 5.54 Å². The summed E-state index contributed by atoms with van der Waals surface area (Å²) >= 11 is 1.89. The van der Waals surface area contributed by atoms with Crippen molar-refractivity contribution in [2.24, 2.45) is 0 Å².